The molecule has 4 aromatic rings. The van der Waals surface area contributed by atoms with Crippen LogP contribution < -0.4 is 61.4 Å². The van der Waals surface area contributed by atoms with Crippen LogP contribution in [0.4, 0.5) is 0 Å². The Morgan fingerprint density at radius 1 is 0.490 bits per heavy atom. The van der Waals surface area contributed by atoms with Crippen molar-refractivity contribution in [1.82, 2.24) is 0 Å². The number of benzene rings is 4. The van der Waals surface area contributed by atoms with E-state index in [2.05, 4.69) is 30.3 Å². The van der Waals surface area contributed by atoms with Crippen molar-refractivity contribution in [3.63, 3.8) is 0 Å². The van der Waals surface area contributed by atoms with Crippen molar-refractivity contribution in [2.75, 3.05) is 26.4 Å². The Balaban J connectivity index is 0.00000451. The van der Waals surface area contributed by atoms with Crippen LogP contribution in [0.5, 0.6) is 46.0 Å². The van der Waals surface area contributed by atoms with E-state index in [9.17, 15) is 25.9 Å². The number of rotatable bonds is 18. The van der Waals surface area contributed by atoms with E-state index < -0.39 is 34.0 Å². The second-order valence-electron chi connectivity index (χ2n) is 9.15. The number of ether oxygens (including phenoxy) is 5. The first-order valence-electron chi connectivity index (χ1n) is 13.7. The summed E-state index contributed by atoms with van der Waals surface area (Å²) in [5.41, 5.74) is 1.27. The zero-order valence-corrected chi connectivity index (χ0v) is 28.6. The van der Waals surface area contributed by atoms with Gasteiger partial charge >= 0.3 is 37.7 Å². The Labute approximate surface area is 318 Å². The maximum Gasteiger partial charge on any atom is 1.00 e. The first kappa shape index (κ1) is 43.0. The molecule has 0 aliphatic rings. The third-order valence-electron chi connectivity index (χ3n) is 5.67. The SMILES string of the molecule is C#Cc1ccc(Oc2ccc(Oc3ccc(Oc4ccc(C#C)cc4)c(OCCOOS(=O)(=O)[O-])c3)cc2OCCOOS(=O)(=O)[O-])cc1.[Li+].[Li+]. The fraction of sp³-hybridized carbons (Fsp3) is 0.125. The fourth-order valence-electron chi connectivity index (χ4n) is 3.68. The van der Waals surface area contributed by atoms with Gasteiger partial charge in [-0.2, -0.15) is 0 Å². The van der Waals surface area contributed by atoms with Gasteiger partial charge in [0, 0.05) is 23.3 Å². The van der Waals surface area contributed by atoms with Crippen LogP contribution in [0.3, 0.4) is 0 Å². The first-order chi connectivity index (χ1) is 23.4. The molecule has 256 valence electrons. The molecule has 0 N–H and O–H groups in total. The van der Waals surface area contributed by atoms with E-state index in [1.807, 2.05) is 0 Å². The maximum atomic E-state index is 10.6. The topological polar surface area (TPSA) is 197 Å². The summed E-state index contributed by atoms with van der Waals surface area (Å²) in [6.45, 7) is -1.41. The molecule has 51 heavy (non-hydrogen) atoms. The standard InChI is InChI=1S/C32H26O15S2.2Li/c1-3-23-5-9-25(10-6-23)44-29-15-13-27(21-31(29)39-17-19-41-46-48(33,34)35)43-28-14-16-30(45-26-11-7-24(4-2)8-12-26)32(22-28)40-18-20-42-47-49(36,37)38;;/h1-2,5-16,21-22H,17-20H2,(H,33,34,35)(H,36,37,38);;/q;2*+1/p-2. The smallest absolute Gasteiger partial charge is 0.724 e. The monoisotopic (exact) mass is 726 g/mol. The fourth-order valence-corrected chi connectivity index (χ4v) is 4.06. The molecule has 0 aliphatic heterocycles. The van der Waals surface area contributed by atoms with Crippen LogP contribution in [-0.4, -0.2) is 52.4 Å². The molecule has 0 unspecified atom stereocenters. The Morgan fingerprint density at radius 3 is 1.18 bits per heavy atom. The molecule has 0 bridgehead atoms. The molecule has 0 amide bonds. The molecular formula is C32H24Li2O15S2. The van der Waals surface area contributed by atoms with Crippen LogP contribution in [0.15, 0.2) is 84.9 Å². The second kappa shape index (κ2) is 20.6. The van der Waals surface area contributed by atoms with E-state index in [-0.39, 0.29) is 85.4 Å². The van der Waals surface area contributed by atoms with Gasteiger partial charge in [0.05, 0.1) is 0 Å². The van der Waals surface area contributed by atoms with Crippen LogP contribution >= 0.6 is 0 Å². The molecule has 0 heterocycles. The van der Waals surface area contributed by atoms with E-state index in [1.165, 1.54) is 24.3 Å². The third-order valence-corrected chi connectivity index (χ3v) is 6.20. The van der Waals surface area contributed by atoms with Crippen molar-refractivity contribution in [3.05, 3.63) is 96.1 Å². The third kappa shape index (κ3) is 15.3. The summed E-state index contributed by atoms with van der Waals surface area (Å²) >= 11 is 0. The summed E-state index contributed by atoms with van der Waals surface area (Å²) in [5.74, 6) is 7.03. The van der Waals surface area contributed by atoms with E-state index in [0.29, 0.717) is 22.6 Å². The minimum Gasteiger partial charge on any atom is -0.724 e. The van der Waals surface area contributed by atoms with Crippen LogP contribution in [0.1, 0.15) is 11.1 Å². The van der Waals surface area contributed by atoms with Crippen LogP contribution in [-0.2, 0) is 39.2 Å². The van der Waals surface area contributed by atoms with Crippen molar-refractivity contribution in [3.8, 4) is 70.7 Å². The van der Waals surface area contributed by atoms with Gasteiger partial charge in [0.2, 0.25) is 20.8 Å². The minimum absolute atomic E-state index is 0. The molecule has 0 saturated heterocycles. The number of hydrogen-bond donors (Lipinski definition) is 0. The second-order valence-corrected chi connectivity index (χ2v) is 11.1. The van der Waals surface area contributed by atoms with Crippen molar-refractivity contribution < 1.29 is 106 Å². The molecule has 0 aliphatic carbocycles. The van der Waals surface area contributed by atoms with Gasteiger partial charge in [-0.15, -0.1) is 21.5 Å². The minimum atomic E-state index is -5.07. The van der Waals surface area contributed by atoms with E-state index in [4.69, 9.17) is 36.5 Å². The Hall–Kier alpha value is -4.15. The average Bonchev–Trinajstić information content (AvgIpc) is 3.06. The largest absolute Gasteiger partial charge is 1.00 e. The number of hydrogen-bond acceptors (Lipinski definition) is 15. The van der Waals surface area contributed by atoms with Crippen LogP contribution in [0.25, 0.3) is 0 Å². The van der Waals surface area contributed by atoms with Crippen molar-refractivity contribution in [1.29, 1.82) is 0 Å². The maximum absolute atomic E-state index is 10.6. The van der Waals surface area contributed by atoms with Crippen LogP contribution in [0, 0.1) is 24.7 Å². The van der Waals surface area contributed by atoms with Crippen molar-refractivity contribution in [2.24, 2.45) is 0 Å². The molecule has 19 heteroatoms. The van der Waals surface area contributed by atoms with Gasteiger partial charge in [-0.1, -0.05) is 11.8 Å². The molecule has 0 fully saturated rings. The Morgan fingerprint density at radius 2 is 0.843 bits per heavy atom. The zero-order valence-electron chi connectivity index (χ0n) is 27.0. The molecule has 0 spiro atoms. The van der Waals surface area contributed by atoms with Gasteiger partial charge in [0.1, 0.15) is 49.4 Å². The normalized spacial score (nSPS) is 10.7. The molecule has 4 aromatic carbocycles. The van der Waals surface area contributed by atoms with Gasteiger partial charge in [-0.05, 0) is 72.8 Å². The van der Waals surface area contributed by atoms with Crippen LogP contribution in [0.2, 0.25) is 0 Å². The predicted molar refractivity (Wildman–Crippen MR) is 166 cm³/mol. The molecule has 4 rings (SSSR count). The molecule has 0 aromatic heterocycles. The van der Waals surface area contributed by atoms with Gasteiger partial charge in [-0.3, -0.25) is 0 Å². The van der Waals surface area contributed by atoms with Crippen molar-refractivity contribution >= 4 is 20.8 Å². The molecular weight excluding hydrogens is 702 g/mol. The van der Waals surface area contributed by atoms with E-state index in [0.717, 1.165) is 0 Å². The van der Waals surface area contributed by atoms with Gasteiger partial charge < -0.3 is 32.8 Å². The van der Waals surface area contributed by atoms with Gasteiger partial charge in [0.25, 0.3) is 0 Å². The Bertz CT molecular complexity index is 1880. The molecule has 15 nitrogen and oxygen atoms in total. The summed E-state index contributed by atoms with van der Waals surface area (Å²) in [6, 6.07) is 22.4. The predicted octanol–water partition coefficient (Wildman–Crippen LogP) is -1.39. The van der Waals surface area contributed by atoms with Gasteiger partial charge in [0.15, 0.2) is 23.0 Å². The van der Waals surface area contributed by atoms with E-state index in [1.54, 1.807) is 60.7 Å². The average molecular weight is 727 g/mol. The van der Waals surface area contributed by atoms with E-state index >= 15 is 0 Å². The zero-order chi connectivity index (χ0) is 35.3. The summed E-state index contributed by atoms with van der Waals surface area (Å²) in [6.07, 6.45) is 10.8. The quantitative estimate of drug-likeness (QED) is 0.0221. The summed E-state index contributed by atoms with van der Waals surface area (Å²) in [4.78, 5) is 8.72. The first-order valence-corrected chi connectivity index (χ1v) is 16.3. The molecule has 0 radical (unpaired) electrons. The summed E-state index contributed by atoms with van der Waals surface area (Å²) in [5, 5.41) is 0. The number of terminal acetylenes is 2. The molecule has 0 atom stereocenters. The summed E-state index contributed by atoms with van der Waals surface area (Å²) in [7, 11) is -10.1. The molecule has 0 saturated carbocycles. The Kier molecular flexibility index (Phi) is 17.4. The van der Waals surface area contributed by atoms with Gasteiger partial charge in [-0.25, -0.2) is 26.6 Å². The summed E-state index contributed by atoms with van der Waals surface area (Å²) < 4.78 is 100. The van der Waals surface area contributed by atoms with Crippen molar-refractivity contribution in [2.45, 2.75) is 0 Å².